The molecule has 0 N–H and O–H groups in total. The zero-order valence-corrected chi connectivity index (χ0v) is 17.3. The number of oxazole rings is 1. The summed E-state index contributed by atoms with van der Waals surface area (Å²) in [6.07, 6.45) is 5.47. The van der Waals surface area contributed by atoms with Gasteiger partial charge in [-0.05, 0) is 44.5 Å². The first-order valence-corrected chi connectivity index (χ1v) is 10.4. The maximum atomic E-state index is 6.02. The molecule has 7 heteroatoms. The molecule has 2 aromatic heterocycles. The van der Waals surface area contributed by atoms with Gasteiger partial charge < -0.3 is 13.9 Å². The van der Waals surface area contributed by atoms with Crippen molar-refractivity contribution in [2.24, 2.45) is 0 Å². The monoisotopic (exact) mass is 399 g/mol. The zero-order chi connectivity index (χ0) is 19.5. The molecule has 1 fully saturated rings. The minimum absolute atomic E-state index is 0.361. The Balaban J connectivity index is 1.61. The Kier molecular flexibility index (Phi) is 5.64. The molecule has 0 aliphatic carbocycles. The number of piperidine rings is 1. The Bertz CT molecular complexity index is 923. The van der Waals surface area contributed by atoms with E-state index in [1.165, 1.54) is 17.8 Å². The Hall–Kier alpha value is -2.38. The van der Waals surface area contributed by atoms with E-state index in [1.54, 1.807) is 25.6 Å². The molecule has 0 spiro atoms. The van der Waals surface area contributed by atoms with Gasteiger partial charge in [-0.2, -0.15) is 0 Å². The molecule has 1 aliphatic heterocycles. The Morgan fingerprint density at radius 2 is 2.14 bits per heavy atom. The summed E-state index contributed by atoms with van der Waals surface area (Å²) in [7, 11) is 3.29. The summed E-state index contributed by atoms with van der Waals surface area (Å²) >= 11 is 1.73. The van der Waals surface area contributed by atoms with Gasteiger partial charge >= 0.3 is 0 Å². The molecule has 1 saturated heterocycles. The summed E-state index contributed by atoms with van der Waals surface area (Å²) in [4.78, 5) is 11.8. The normalized spacial score (nSPS) is 17.6. The minimum Gasteiger partial charge on any atom is -0.497 e. The summed E-state index contributed by atoms with van der Waals surface area (Å²) in [5.74, 6) is 2.86. The van der Waals surface area contributed by atoms with Gasteiger partial charge in [-0.3, -0.25) is 4.90 Å². The summed E-state index contributed by atoms with van der Waals surface area (Å²) in [6, 6.07) is 5.99. The predicted octanol–water partition coefficient (Wildman–Crippen LogP) is 4.85. The average molecular weight is 400 g/mol. The third kappa shape index (κ3) is 3.77. The van der Waals surface area contributed by atoms with E-state index in [2.05, 4.69) is 15.3 Å². The van der Waals surface area contributed by atoms with Gasteiger partial charge in [-0.15, -0.1) is 11.3 Å². The highest BCUT2D eigenvalue weighted by atomic mass is 32.1. The van der Waals surface area contributed by atoms with Crippen LogP contribution in [0.5, 0.6) is 11.5 Å². The van der Waals surface area contributed by atoms with Gasteiger partial charge in [0.2, 0.25) is 5.89 Å². The molecule has 0 bridgehead atoms. The molecular weight excluding hydrogens is 374 g/mol. The van der Waals surface area contributed by atoms with Crippen LogP contribution in [0.25, 0.3) is 11.5 Å². The number of likely N-dealkylation sites (tertiary alicyclic amines) is 1. The summed E-state index contributed by atoms with van der Waals surface area (Å²) in [6.45, 7) is 3.78. The van der Waals surface area contributed by atoms with Crippen LogP contribution in [0.15, 0.2) is 34.2 Å². The zero-order valence-electron chi connectivity index (χ0n) is 16.5. The fraction of sp³-hybridized carbons (Fsp3) is 0.429. The second-order valence-electron chi connectivity index (χ2n) is 6.94. The predicted molar refractivity (Wildman–Crippen MR) is 109 cm³/mol. The summed E-state index contributed by atoms with van der Waals surface area (Å²) < 4.78 is 16.9. The van der Waals surface area contributed by atoms with Crippen LogP contribution in [0.2, 0.25) is 0 Å². The average Bonchev–Trinajstić information content (AvgIpc) is 3.38. The van der Waals surface area contributed by atoms with Crippen LogP contribution in [-0.4, -0.2) is 35.6 Å². The number of ether oxygens (including phenoxy) is 2. The fourth-order valence-corrected chi connectivity index (χ4v) is 4.53. The van der Waals surface area contributed by atoms with E-state index in [0.29, 0.717) is 17.7 Å². The SMILES string of the molecule is COc1ccc(OC)c(-c2nc(CN3CCCC[C@@H]3c3nccs3)c(C)o2)c1. The van der Waals surface area contributed by atoms with Gasteiger partial charge in [0, 0.05) is 18.1 Å². The second kappa shape index (κ2) is 8.32. The number of hydrogen-bond acceptors (Lipinski definition) is 7. The number of aromatic nitrogens is 2. The molecule has 0 unspecified atom stereocenters. The number of nitrogens with zero attached hydrogens (tertiary/aromatic N) is 3. The van der Waals surface area contributed by atoms with E-state index in [9.17, 15) is 0 Å². The van der Waals surface area contributed by atoms with Crippen molar-refractivity contribution in [2.45, 2.75) is 38.8 Å². The Morgan fingerprint density at radius 3 is 2.89 bits per heavy atom. The van der Waals surface area contributed by atoms with Gasteiger partial charge in [0.1, 0.15) is 22.3 Å². The second-order valence-corrected chi connectivity index (χ2v) is 7.87. The first-order chi connectivity index (χ1) is 13.7. The topological polar surface area (TPSA) is 60.6 Å². The Morgan fingerprint density at radius 1 is 1.25 bits per heavy atom. The highest BCUT2D eigenvalue weighted by Gasteiger charge is 2.27. The molecule has 28 heavy (non-hydrogen) atoms. The van der Waals surface area contributed by atoms with Crippen LogP contribution in [-0.2, 0) is 6.54 Å². The highest BCUT2D eigenvalue weighted by Crippen LogP contribution is 2.36. The van der Waals surface area contributed by atoms with Crippen LogP contribution >= 0.6 is 11.3 Å². The lowest BCUT2D eigenvalue weighted by Crippen LogP contribution is -2.33. The lowest BCUT2D eigenvalue weighted by molar-refractivity contribution is 0.138. The minimum atomic E-state index is 0.361. The quantitative estimate of drug-likeness (QED) is 0.590. The van der Waals surface area contributed by atoms with E-state index < -0.39 is 0 Å². The molecule has 1 aromatic carbocycles. The van der Waals surface area contributed by atoms with Gasteiger partial charge in [0.15, 0.2) is 0 Å². The van der Waals surface area contributed by atoms with E-state index in [-0.39, 0.29) is 0 Å². The van der Waals surface area contributed by atoms with Crippen molar-refractivity contribution in [3.05, 3.63) is 46.2 Å². The molecule has 148 valence electrons. The van der Waals surface area contributed by atoms with Crippen LogP contribution in [0, 0.1) is 6.92 Å². The summed E-state index contributed by atoms with van der Waals surface area (Å²) in [5.41, 5.74) is 1.76. The highest BCUT2D eigenvalue weighted by molar-refractivity contribution is 7.09. The lowest BCUT2D eigenvalue weighted by atomic mass is 10.0. The molecular formula is C21H25N3O3S. The smallest absolute Gasteiger partial charge is 0.230 e. The van der Waals surface area contributed by atoms with Crippen molar-refractivity contribution in [3.63, 3.8) is 0 Å². The number of methoxy groups -OCH3 is 2. The Labute approximate surface area is 169 Å². The first kappa shape index (κ1) is 19.0. The standard InChI is InChI=1S/C21H25N3O3S/c1-14-17(13-24-10-5-4-6-18(24)21-22-9-11-28-21)23-20(27-14)16-12-15(25-2)7-8-19(16)26-3/h7-9,11-12,18H,4-6,10,13H2,1-3H3/t18-/m1/s1. The molecule has 1 atom stereocenters. The van der Waals surface area contributed by atoms with Crippen LogP contribution < -0.4 is 9.47 Å². The molecule has 0 saturated carbocycles. The van der Waals surface area contributed by atoms with Crippen molar-refractivity contribution >= 4 is 11.3 Å². The molecule has 1 aliphatic rings. The maximum Gasteiger partial charge on any atom is 0.230 e. The van der Waals surface area contributed by atoms with E-state index in [0.717, 1.165) is 42.3 Å². The molecule has 0 amide bonds. The van der Waals surface area contributed by atoms with Gasteiger partial charge in [-0.1, -0.05) is 6.42 Å². The van der Waals surface area contributed by atoms with Gasteiger partial charge in [-0.25, -0.2) is 9.97 Å². The largest absolute Gasteiger partial charge is 0.497 e. The van der Waals surface area contributed by atoms with Crippen molar-refractivity contribution in [1.82, 2.24) is 14.9 Å². The molecule has 6 nitrogen and oxygen atoms in total. The number of benzene rings is 1. The van der Waals surface area contributed by atoms with E-state index in [1.807, 2.05) is 31.3 Å². The first-order valence-electron chi connectivity index (χ1n) is 9.51. The third-order valence-corrected chi connectivity index (χ3v) is 6.11. The third-order valence-electron chi connectivity index (χ3n) is 5.23. The van der Waals surface area contributed by atoms with Gasteiger partial charge in [0.25, 0.3) is 0 Å². The van der Waals surface area contributed by atoms with Crippen LogP contribution in [0.4, 0.5) is 0 Å². The maximum absolute atomic E-state index is 6.02. The number of thiazole rings is 1. The molecule has 3 heterocycles. The lowest BCUT2D eigenvalue weighted by Gasteiger charge is -2.33. The molecule has 4 rings (SSSR count). The molecule has 3 aromatic rings. The van der Waals surface area contributed by atoms with Crippen LogP contribution in [0.1, 0.15) is 41.8 Å². The van der Waals surface area contributed by atoms with Crippen LogP contribution in [0.3, 0.4) is 0 Å². The summed E-state index contributed by atoms with van der Waals surface area (Å²) in [5, 5.41) is 3.24. The van der Waals surface area contributed by atoms with E-state index >= 15 is 0 Å². The van der Waals surface area contributed by atoms with E-state index in [4.69, 9.17) is 18.9 Å². The van der Waals surface area contributed by atoms with Crippen molar-refractivity contribution < 1.29 is 13.9 Å². The number of rotatable bonds is 6. The fourth-order valence-electron chi connectivity index (χ4n) is 3.72. The van der Waals surface area contributed by atoms with Crippen molar-refractivity contribution in [1.29, 1.82) is 0 Å². The number of hydrogen-bond donors (Lipinski definition) is 0. The van der Waals surface area contributed by atoms with Crippen molar-refractivity contribution in [2.75, 3.05) is 20.8 Å². The van der Waals surface area contributed by atoms with Crippen molar-refractivity contribution in [3.8, 4) is 23.0 Å². The number of aryl methyl sites for hydroxylation is 1. The van der Waals surface area contributed by atoms with Gasteiger partial charge in [0.05, 0.1) is 31.5 Å². The molecule has 0 radical (unpaired) electrons.